The number of ether oxygens (including phenoxy) is 1. The number of esters is 1. The molecule has 0 N–H and O–H groups in total. The van der Waals surface area contributed by atoms with Crippen LogP contribution >= 0.6 is 0 Å². The molecule has 0 spiro atoms. The molecule has 8 heteroatoms. The van der Waals surface area contributed by atoms with Crippen LogP contribution in [0.2, 0.25) is 0 Å². The molecule has 0 aliphatic heterocycles. The van der Waals surface area contributed by atoms with Crippen LogP contribution in [0.15, 0.2) is 0 Å². The van der Waals surface area contributed by atoms with Crippen molar-refractivity contribution < 1.29 is 30.6 Å². The second kappa shape index (κ2) is 3.41. The second-order valence-corrected chi connectivity index (χ2v) is 4.84. The van der Waals surface area contributed by atoms with E-state index in [0.717, 1.165) is 0 Å². The van der Waals surface area contributed by atoms with Gasteiger partial charge >= 0.3 is 21.4 Å². The molecule has 0 saturated carbocycles. The Kier molecular flexibility index (Phi) is 3.22. The lowest BCUT2D eigenvalue weighted by Crippen LogP contribution is -2.40. The third-order valence-corrected chi connectivity index (χ3v) is 1.72. The van der Waals surface area contributed by atoms with Crippen molar-refractivity contribution in [3.63, 3.8) is 0 Å². The molecule has 14 heavy (non-hydrogen) atoms. The number of carbonyl (C=O) groups excluding carboxylic acids is 1. The molecule has 0 fully saturated rings. The van der Waals surface area contributed by atoms with Gasteiger partial charge < -0.3 is 4.74 Å². The van der Waals surface area contributed by atoms with Crippen molar-refractivity contribution in [3.8, 4) is 0 Å². The molecule has 0 atom stereocenters. The van der Waals surface area contributed by atoms with Crippen LogP contribution in [0.4, 0.5) is 12.7 Å². The molecule has 0 heterocycles. The molecule has 0 aliphatic carbocycles. The summed E-state index contributed by atoms with van der Waals surface area (Å²) in [4.78, 5) is 10.5. The van der Waals surface area contributed by atoms with Gasteiger partial charge in [0.15, 0.2) is 0 Å². The van der Waals surface area contributed by atoms with Crippen molar-refractivity contribution in [3.05, 3.63) is 0 Å². The van der Waals surface area contributed by atoms with E-state index in [1.54, 1.807) is 0 Å². The number of rotatable bonds is 2. The molecular weight excluding hydrogens is 225 g/mol. The van der Waals surface area contributed by atoms with Crippen molar-refractivity contribution in [1.82, 2.24) is 0 Å². The Balaban J connectivity index is 4.89. The van der Waals surface area contributed by atoms with Gasteiger partial charge in [-0.2, -0.15) is 17.2 Å². The predicted octanol–water partition coefficient (Wildman–Crippen LogP) is 1.22. The van der Waals surface area contributed by atoms with E-state index in [9.17, 15) is 25.9 Å². The number of hydrogen-bond acceptors (Lipinski definition) is 4. The summed E-state index contributed by atoms with van der Waals surface area (Å²) < 4.78 is 60.5. The molecule has 0 aliphatic rings. The maximum absolute atomic E-state index is 12.4. The van der Waals surface area contributed by atoms with E-state index >= 15 is 0 Å². The molecule has 0 aromatic heterocycles. The number of carbonyl (C=O) groups is 1. The van der Waals surface area contributed by atoms with Crippen LogP contribution in [0.3, 0.4) is 0 Å². The van der Waals surface area contributed by atoms with Gasteiger partial charge in [-0.3, -0.25) is 0 Å². The topological polar surface area (TPSA) is 60.4 Å². The van der Waals surface area contributed by atoms with Gasteiger partial charge in [-0.25, -0.2) is 4.79 Å². The van der Waals surface area contributed by atoms with Crippen molar-refractivity contribution in [2.24, 2.45) is 0 Å². The Morgan fingerprint density at radius 1 is 1.21 bits per heavy atom. The van der Waals surface area contributed by atoms with Crippen LogP contribution in [0, 0.1) is 0 Å². The normalized spacial score (nSPS) is 13.9. The van der Waals surface area contributed by atoms with Gasteiger partial charge in [-0.1, -0.05) is 3.89 Å². The van der Waals surface area contributed by atoms with Crippen LogP contribution in [-0.2, 0) is 19.8 Å². The molecule has 0 unspecified atom stereocenters. The van der Waals surface area contributed by atoms with Crippen molar-refractivity contribution >= 4 is 16.2 Å². The average molecular weight is 234 g/mol. The van der Waals surface area contributed by atoms with E-state index in [2.05, 4.69) is 4.74 Å². The molecule has 0 bridgehead atoms. The zero-order valence-corrected chi connectivity index (χ0v) is 8.49. The van der Waals surface area contributed by atoms with Gasteiger partial charge in [0.1, 0.15) is 5.60 Å². The van der Waals surface area contributed by atoms with E-state index < -0.39 is 27.0 Å². The Bertz CT molecular complexity index is 327. The predicted molar refractivity (Wildman–Crippen MR) is 40.8 cm³/mol. The smallest absolute Gasteiger partial charge is 0.455 e. The van der Waals surface area contributed by atoms with E-state index in [-0.39, 0.29) is 0 Å². The van der Waals surface area contributed by atoms with Gasteiger partial charge in [0, 0.05) is 0 Å². The SMILES string of the molecule is CC(C)(C)OC(=O)C(F)(F)S(=O)(=O)F. The Labute approximate surface area is 79.3 Å². The monoisotopic (exact) mass is 234 g/mol. The zero-order valence-electron chi connectivity index (χ0n) is 7.68. The summed E-state index contributed by atoms with van der Waals surface area (Å²) in [6.07, 6.45) is 0. The van der Waals surface area contributed by atoms with Crippen LogP contribution in [-0.4, -0.2) is 25.2 Å². The number of hydrogen-bond donors (Lipinski definition) is 0. The second-order valence-electron chi connectivity index (χ2n) is 3.46. The van der Waals surface area contributed by atoms with E-state index in [4.69, 9.17) is 0 Å². The lowest BCUT2D eigenvalue weighted by atomic mass is 10.2. The summed E-state index contributed by atoms with van der Waals surface area (Å²) in [7, 11) is -6.28. The summed E-state index contributed by atoms with van der Waals surface area (Å²) in [5.74, 6) is -2.42. The summed E-state index contributed by atoms with van der Waals surface area (Å²) in [5, 5.41) is -5.15. The highest BCUT2D eigenvalue weighted by atomic mass is 32.3. The summed E-state index contributed by atoms with van der Waals surface area (Å²) in [6, 6.07) is 0. The third kappa shape index (κ3) is 3.17. The number of alkyl halides is 2. The first-order valence-corrected chi connectivity index (χ1v) is 4.82. The lowest BCUT2D eigenvalue weighted by Gasteiger charge is -2.21. The molecule has 0 radical (unpaired) electrons. The molecule has 84 valence electrons. The summed E-state index contributed by atoms with van der Waals surface area (Å²) >= 11 is 0. The minimum absolute atomic E-state index is 1.24. The molecule has 4 nitrogen and oxygen atoms in total. The summed E-state index contributed by atoms with van der Waals surface area (Å²) in [6.45, 7) is 3.73. The Morgan fingerprint density at radius 2 is 1.57 bits per heavy atom. The van der Waals surface area contributed by atoms with Crippen molar-refractivity contribution in [2.45, 2.75) is 31.6 Å². The first kappa shape index (κ1) is 13.2. The first-order chi connectivity index (χ1) is 5.88. The van der Waals surface area contributed by atoms with E-state index in [0.29, 0.717) is 0 Å². The van der Waals surface area contributed by atoms with Crippen molar-refractivity contribution in [1.29, 1.82) is 0 Å². The molecule has 0 aromatic rings. The highest BCUT2D eigenvalue weighted by Crippen LogP contribution is 2.27. The highest BCUT2D eigenvalue weighted by molar-refractivity contribution is 7.88. The molecule has 0 saturated heterocycles. The van der Waals surface area contributed by atoms with Crippen LogP contribution in [0.5, 0.6) is 0 Å². The Hall–Kier alpha value is -0.790. The quantitative estimate of drug-likeness (QED) is 0.532. The molecule has 0 aromatic carbocycles. The lowest BCUT2D eigenvalue weighted by molar-refractivity contribution is -0.172. The van der Waals surface area contributed by atoms with Gasteiger partial charge in [0.2, 0.25) is 0 Å². The average Bonchev–Trinajstić information content (AvgIpc) is 1.80. The third-order valence-electron chi connectivity index (χ3n) is 0.943. The maximum atomic E-state index is 12.4. The largest absolute Gasteiger partial charge is 0.470 e. The minimum Gasteiger partial charge on any atom is -0.455 e. The fourth-order valence-corrected chi connectivity index (χ4v) is 0.678. The highest BCUT2D eigenvalue weighted by Gasteiger charge is 2.56. The van der Waals surface area contributed by atoms with Crippen molar-refractivity contribution in [2.75, 3.05) is 0 Å². The molecular formula is C6H9F3O4S. The molecule has 0 rings (SSSR count). The van der Waals surface area contributed by atoms with E-state index in [1.807, 2.05) is 0 Å². The maximum Gasteiger partial charge on any atom is 0.470 e. The molecule has 0 amide bonds. The summed E-state index contributed by atoms with van der Waals surface area (Å²) in [5.41, 5.74) is -1.31. The zero-order chi connectivity index (χ0) is 11.8. The van der Waals surface area contributed by atoms with Gasteiger partial charge in [0.05, 0.1) is 0 Å². The minimum atomic E-state index is -6.28. The van der Waals surface area contributed by atoms with Gasteiger partial charge in [-0.15, -0.1) is 0 Å². The number of halogens is 3. The van der Waals surface area contributed by atoms with Crippen LogP contribution in [0.1, 0.15) is 20.8 Å². The van der Waals surface area contributed by atoms with E-state index in [1.165, 1.54) is 20.8 Å². The van der Waals surface area contributed by atoms with Crippen LogP contribution < -0.4 is 0 Å². The van der Waals surface area contributed by atoms with Gasteiger partial charge in [-0.05, 0) is 20.8 Å². The van der Waals surface area contributed by atoms with Gasteiger partial charge in [0.25, 0.3) is 0 Å². The Morgan fingerprint density at radius 3 is 1.79 bits per heavy atom. The fraction of sp³-hybridized carbons (Fsp3) is 0.833. The fourth-order valence-electron chi connectivity index (χ4n) is 0.437. The van der Waals surface area contributed by atoms with Crippen LogP contribution in [0.25, 0.3) is 0 Å². The first-order valence-electron chi connectivity index (χ1n) is 3.43. The standard InChI is InChI=1S/C6H9F3O4S/c1-5(2,3)13-4(10)6(7,8)14(9,11)12/h1-3H3.